The first-order valence-electron chi connectivity index (χ1n) is 5.11. The second-order valence-electron chi connectivity index (χ2n) is 3.54. The van der Waals surface area contributed by atoms with E-state index in [1.807, 2.05) is 25.1 Å². The lowest BCUT2D eigenvalue weighted by Crippen LogP contribution is -2.09. The Morgan fingerprint density at radius 3 is 3.00 bits per heavy atom. The molecule has 0 atom stereocenters. The van der Waals surface area contributed by atoms with Crippen molar-refractivity contribution in [2.45, 2.75) is 20.1 Å². The molecule has 0 unspecified atom stereocenters. The summed E-state index contributed by atoms with van der Waals surface area (Å²) in [7, 11) is 0. The Morgan fingerprint density at radius 2 is 2.20 bits per heavy atom. The molecule has 0 saturated carbocycles. The van der Waals surface area contributed by atoms with Crippen molar-refractivity contribution in [3.63, 3.8) is 0 Å². The zero-order chi connectivity index (χ0) is 10.7. The van der Waals surface area contributed by atoms with Gasteiger partial charge < -0.3 is 9.47 Å². The number of ether oxygens (including phenoxy) is 2. The van der Waals surface area contributed by atoms with Gasteiger partial charge in [0, 0.05) is 12.2 Å². The molecule has 0 aliphatic carbocycles. The summed E-state index contributed by atoms with van der Waals surface area (Å²) in [5.74, 6) is 0.0338. The Hall–Kier alpha value is -1.19. The highest BCUT2D eigenvalue weighted by atomic mass is 16.5. The largest absolute Gasteiger partial charge is 0.374 e. The third-order valence-corrected chi connectivity index (χ3v) is 2.48. The van der Waals surface area contributed by atoms with Crippen LogP contribution in [0.15, 0.2) is 18.2 Å². The Balaban J connectivity index is 2.12. The van der Waals surface area contributed by atoms with E-state index in [9.17, 15) is 4.79 Å². The Bertz CT molecular complexity index is 371. The van der Waals surface area contributed by atoms with E-state index in [4.69, 9.17) is 9.47 Å². The molecule has 0 amide bonds. The van der Waals surface area contributed by atoms with Crippen molar-refractivity contribution < 1.29 is 14.3 Å². The molecular weight excluding hydrogens is 192 g/mol. The molecule has 0 aromatic heterocycles. The van der Waals surface area contributed by atoms with Crippen molar-refractivity contribution in [2.24, 2.45) is 0 Å². The van der Waals surface area contributed by atoms with Crippen LogP contribution in [0.3, 0.4) is 0 Å². The fourth-order valence-electron chi connectivity index (χ4n) is 1.62. The number of hydrogen-bond donors (Lipinski definition) is 0. The van der Waals surface area contributed by atoms with Crippen LogP contribution in [0, 0.1) is 0 Å². The van der Waals surface area contributed by atoms with Crippen LogP contribution in [-0.4, -0.2) is 19.0 Å². The number of ketones is 1. The van der Waals surface area contributed by atoms with Gasteiger partial charge in [-0.1, -0.05) is 12.1 Å². The maximum absolute atomic E-state index is 11.6. The molecule has 0 saturated heterocycles. The molecule has 1 heterocycles. The highest BCUT2D eigenvalue weighted by Gasteiger charge is 2.14. The lowest BCUT2D eigenvalue weighted by Gasteiger charge is -2.03. The van der Waals surface area contributed by atoms with E-state index in [1.165, 1.54) is 5.56 Å². The molecule has 3 nitrogen and oxygen atoms in total. The molecule has 1 aliphatic heterocycles. The summed E-state index contributed by atoms with van der Waals surface area (Å²) >= 11 is 0. The van der Waals surface area contributed by atoms with Gasteiger partial charge in [0.15, 0.2) is 5.78 Å². The molecule has 15 heavy (non-hydrogen) atoms. The zero-order valence-corrected chi connectivity index (χ0v) is 8.79. The number of rotatable bonds is 4. The number of fused-ring (bicyclic) bond motifs is 1. The molecule has 0 bridgehead atoms. The second-order valence-corrected chi connectivity index (χ2v) is 3.54. The minimum Gasteiger partial charge on any atom is -0.374 e. The molecule has 1 aromatic rings. The van der Waals surface area contributed by atoms with Crippen molar-refractivity contribution in [3.05, 3.63) is 34.9 Å². The molecule has 80 valence electrons. The minimum atomic E-state index is 0.0338. The van der Waals surface area contributed by atoms with Crippen LogP contribution in [0.5, 0.6) is 0 Å². The fraction of sp³-hybridized carbons (Fsp3) is 0.417. The SMILES string of the molecule is CCOCC(=O)c1ccc2c(c1)COC2. The van der Waals surface area contributed by atoms with Crippen molar-refractivity contribution in [2.75, 3.05) is 13.2 Å². The monoisotopic (exact) mass is 206 g/mol. The summed E-state index contributed by atoms with van der Waals surface area (Å²) in [5.41, 5.74) is 3.02. The average molecular weight is 206 g/mol. The van der Waals surface area contributed by atoms with Gasteiger partial charge in [-0.25, -0.2) is 0 Å². The molecule has 0 fully saturated rings. The van der Waals surface area contributed by atoms with Crippen LogP contribution in [0.2, 0.25) is 0 Å². The summed E-state index contributed by atoms with van der Waals surface area (Å²) in [6.07, 6.45) is 0. The molecule has 3 heteroatoms. The van der Waals surface area contributed by atoms with Gasteiger partial charge in [-0.05, 0) is 24.1 Å². The predicted octanol–water partition coefficient (Wildman–Crippen LogP) is 1.94. The van der Waals surface area contributed by atoms with Crippen LogP contribution in [0.1, 0.15) is 28.4 Å². The van der Waals surface area contributed by atoms with Gasteiger partial charge in [0.2, 0.25) is 0 Å². The Labute approximate surface area is 89.0 Å². The number of Topliss-reactive ketones (excluding diaryl/α,β-unsaturated/α-hetero) is 1. The highest BCUT2D eigenvalue weighted by molar-refractivity contribution is 5.97. The van der Waals surface area contributed by atoms with E-state index in [0.29, 0.717) is 25.4 Å². The number of benzene rings is 1. The third kappa shape index (κ3) is 2.25. The van der Waals surface area contributed by atoms with Gasteiger partial charge in [-0.2, -0.15) is 0 Å². The average Bonchev–Trinajstić information content (AvgIpc) is 2.72. The second kappa shape index (κ2) is 4.55. The summed E-state index contributed by atoms with van der Waals surface area (Å²) in [6.45, 7) is 3.89. The van der Waals surface area contributed by atoms with Crippen molar-refractivity contribution in [1.82, 2.24) is 0 Å². The number of carbonyl (C=O) groups is 1. The van der Waals surface area contributed by atoms with E-state index in [2.05, 4.69) is 0 Å². The van der Waals surface area contributed by atoms with E-state index in [0.717, 1.165) is 5.56 Å². The lowest BCUT2D eigenvalue weighted by molar-refractivity contribution is 0.0783. The van der Waals surface area contributed by atoms with Gasteiger partial charge in [0.1, 0.15) is 6.61 Å². The van der Waals surface area contributed by atoms with Crippen LogP contribution in [-0.2, 0) is 22.7 Å². The quantitative estimate of drug-likeness (QED) is 0.706. The third-order valence-electron chi connectivity index (χ3n) is 2.48. The van der Waals surface area contributed by atoms with Gasteiger partial charge in [0.05, 0.1) is 13.2 Å². The van der Waals surface area contributed by atoms with Crippen LogP contribution < -0.4 is 0 Å². The smallest absolute Gasteiger partial charge is 0.188 e. The molecule has 1 aliphatic rings. The number of hydrogen-bond acceptors (Lipinski definition) is 3. The summed E-state index contributed by atoms with van der Waals surface area (Å²) in [4.78, 5) is 11.6. The van der Waals surface area contributed by atoms with E-state index in [-0.39, 0.29) is 12.4 Å². The first-order valence-corrected chi connectivity index (χ1v) is 5.11. The molecule has 1 aromatic carbocycles. The summed E-state index contributed by atoms with van der Waals surface area (Å²) in [6, 6.07) is 5.71. The van der Waals surface area contributed by atoms with E-state index < -0.39 is 0 Å². The van der Waals surface area contributed by atoms with Gasteiger partial charge in [-0.3, -0.25) is 4.79 Å². The van der Waals surface area contributed by atoms with Gasteiger partial charge in [-0.15, -0.1) is 0 Å². The topological polar surface area (TPSA) is 35.5 Å². The van der Waals surface area contributed by atoms with E-state index in [1.54, 1.807) is 0 Å². The van der Waals surface area contributed by atoms with Crippen molar-refractivity contribution in [3.8, 4) is 0 Å². The molecule has 0 spiro atoms. The van der Waals surface area contributed by atoms with E-state index >= 15 is 0 Å². The summed E-state index contributed by atoms with van der Waals surface area (Å²) < 4.78 is 10.4. The Kier molecular flexibility index (Phi) is 3.14. The standard InChI is InChI=1S/C12H14O3/c1-2-14-8-12(13)9-3-4-10-6-15-7-11(10)5-9/h3-5H,2,6-8H2,1H3. The molecule has 2 rings (SSSR count). The normalized spacial score (nSPS) is 13.9. The first-order chi connectivity index (χ1) is 7.31. The van der Waals surface area contributed by atoms with Gasteiger partial charge in [0.25, 0.3) is 0 Å². The Morgan fingerprint density at radius 1 is 1.40 bits per heavy atom. The predicted molar refractivity (Wildman–Crippen MR) is 55.8 cm³/mol. The number of carbonyl (C=O) groups excluding carboxylic acids is 1. The molecular formula is C12H14O3. The van der Waals surface area contributed by atoms with Crippen molar-refractivity contribution >= 4 is 5.78 Å². The van der Waals surface area contributed by atoms with Crippen LogP contribution >= 0.6 is 0 Å². The first kappa shape index (κ1) is 10.3. The maximum atomic E-state index is 11.6. The molecule has 0 N–H and O–H groups in total. The highest BCUT2D eigenvalue weighted by Crippen LogP contribution is 2.20. The van der Waals surface area contributed by atoms with Crippen LogP contribution in [0.4, 0.5) is 0 Å². The summed E-state index contributed by atoms with van der Waals surface area (Å²) in [5, 5.41) is 0. The lowest BCUT2D eigenvalue weighted by atomic mass is 10.0. The zero-order valence-electron chi connectivity index (χ0n) is 8.79. The van der Waals surface area contributed by atoms with Gasteiger partial charge >= 0.3 is 0 Å². The fourth-order valence-corrected chi connectivity index (χ4v) is 1.62. The maximum Gasteiger partial charge on any atom is 0.188 e. The molecule has 0 radical (unpaired) electrons. The minimum absolute atomic E-state index is 0.0338. The van der Waals surface area contributed by atoms with Crippen LogP contribution in [0.25, 0.3) is 0 Å². The van der Waals surface area contributed by atoms with Crippen molar-refractivity contribution in [1.29, 1.82) is 0 Å².